The number of carbonyl (C=O) groups is 3. The molecule has 152 valence electrons. The molecule has 2 fully saturated rings. The van der Waals surface area contributed by atoms with Crippen LogP contribution in [0, 0.1) is 0 Å². The smallest absolute Gasteiger partial charge is 0.313 e. The van der Waals surface area contributed by atoms with Crippen molar-refractivity contribution in [2.45, 2.75) is 18.4 Å². The Morgan fingerprint density at radius 3 is 2.69 bits per heavy atom. The SMILES string of the molecule is O=C(NC[C@@H]1CC(c2ccc(N3CCOCC3=O)cc2)C(=O)O1)c1ccc(Cl)s1. The predicted molar refractivity (Wildman–Crippen MR) is 109 cm³/mol. The molecule has 2 saturated heterocycles. The number of cyclic esters (lactones) is 1. The summed E-state index contributed by atoms with van der Waals surface area (Å²) in [7, 11) is 0. The van der Waals surface area contributed by atoms with Crippen molar-refractivity contribution < 1.29 is 23.9 Å². The number of nitrogens with zero attached hydrogens (tertiary/aromatic N) is 1. The van der Waals surface area contributed by atoms with Crippen LogP contribution in [0.3, 0.4) is 0 Å². The highest BCUT2D eigenvalue weighted by molar-refractivity contribution is 7.18. The van der Waals surface area contributed by atoms with Gasteiger partial charge in [-0.25, -0.2) is 0 Å². The second-order valence-electron chi connectivity index (χ2n) is 6.85. The zero-order chi connectivity index (χ0) is 20.4. The van der Waals surface area contributed by atoms with Crippen LogP contribution in [0.15, 0.2) is 36.4 Å². The van der Waals surface area contributed by atoms with E-state index in [2.05, 4.69) is 5.32 Å². The molecule has 2 amide bonds. The van der Waals surface area contributed by atoms with Crippen LogP contribution in [0.1, 0.15) is 27.6 Å². The monoisotopic (exact) mass is 434 g/mol. The van der Waals surface area contributed by atoms with Gasteiger partial charge in [-0.1, -0.05) is 23.7 Å². The lowest BCUT2D eigenvalue weighted by Crippen LogP contribution is -2.41. The van der Waals surface area contributed by atoms with Gasteiger partial charge in [-0.15, -0.1) is 11.3 Å². The maximum absolute atomic E-state index is 12.3. The number of anilines is 1. The van der Waals surface area contributed by atoms with Crippen molar-refractivity contribution in [3.05, 3.63) is 51.2 Å². The number of hydrogen-bond acceptors (Lipinski definition) is 6. The summed E-state index contributed by atoms with van der Waals surface area (Å²) in [5.41, 5.74) is 1.62. The summed E-state index contributed by atoms with van der Waals surface area (Å²) >= 11 is 7.05. The molecule has 4 rings (SSSR count). The minimum Gasteiger partial charge on any atom is -0.460 e. The normalized spacial score (nSPS) is 21.9. The molecule has 3 heterocycles. The minimum atomic E-state index is -0.387. The Labute approximate surface area is 176 Å². The van der Waals surface area contributed by atoms with E-state index in [0.29, 0.717) is 28.8 Å². The molecule has 0 spiro atoms. The average molecular weight is 435 g/mol. The van der Waals surface area contributed by atoms with Gasteiger partial charge in [0, 0.05) is 18.7 Å². The van der Waals surface area contributed by atoms with Gasteiger partial charge in [0.05, 0.1) is 28.3 Å². The Morgan fingerprint density at radius 1 is 1.21 bits per heavy atom. The molecule has 29 heavy (non-hydrogen) atoms. The quantitative estimate of drug-likeness (QED) is 0.731. The van der Waals surface area contributed by atoms with Gasteiger partial charge in [-0.2, -0.15) is 0 Å². The van der Waals surface area contributed by atoms with Gasteiger partial charge in [-0.3, -0.25) is 14.4 Å². The van der Waals surface area contributed by atoms with Gasteiger partial charge in [0.1, 0.15) is 12.7 Å². The molecule has 1 aromatic heterocycles. The molecule has 2 aromatic rings. The van der Waals surface area contributed by atoms with Crippen molar-refractivity contribution in [3.8, 4) is 0 Å². The third-order valence-corrected chi connectivity index (χ3v) is 6.18. The third-order valence-electron chi connectivity index (χ3n) is 4.95. The zero-order valence-electron chi connectivity index (χ0n) is 15.4. The second-order valence-corrected chi connectivity index (χ2v) is 8.57. The van der Waals surface area contributed by atoms with E-state index >= 15 is 0 Å². The van der Waals surface area contributed by atoms with E-state index in [1.165, 1.54) is 11.3 Å². The number of amides is 2. The second kappa shape index (κ2) is 8.52. The highest BCUT2D eigenvalue weighted by Crippen LogP contribution is 2.32. The molecule has 0 radical (unpaired) electrons. The first-order valence-electron chi connectivity index (χ1n) is 9.23. The van der Waals surface area contributed by atoms with Crippen LogP contribution < -0.4 is 10.2 Å². The molecular formula is C20H19ClN2O5S. The minimum absolute atomic E-state index is 0.0768. The molecule has 0 aliphatic carbocycles. The first kappa shape index (κ1) is 19.9. The number of halogens is 1. The molecule has 1 N–H and O–H groups in total. The van der Waals surface area contributed by atoms with Crippen LogP contribution in [-0.4, -0.2) is 50.2 Å². The Morgan fingerprint density at radius 2 is 2.00 bits per heavy atom. The molecule has 1 unspecified atom stereocenters. The Kier molecular flexibility index (Phi) is 5.84. The summed E-state index contributed by atoms with van der Waals surface area (Å²) in [5, 5.41) is 2.78. The molecule has 2 aliphatic rings. The first-order valence-corrected chi connectivity index (χ1v) is 10.4. The van der Waals surface area contributed by atoms with Crippen LogP contribution >= 0.6 is 22.9 Å². The topological polar surface area (TPSA) is 84.9 Å². The lowest BCUT2D eigenvalue weighted by atomic mass is 9.95. The van der Waals surface area contributed by atoms with Crippen LogP contribution in [0.4, 0.5) is 5.69 Å². The summed E-state index contributed by atoms with van der Waals surface area (Å²) in [5.74, 6) is -1.01. The first-order chi connectivity index (χ1) is 14.0. The summed E-state index contributed by atoms with van der Waals surface area (Å²) in [4.78, 5) is 38.6. The largest absolute Gasteiger partial charge is 0.460 e. The molecule has 9 heteroatoms. The van der Waals surface area contributed by atoms with Gasteiger partial charge < -0.3 is 19.7 Å². The number of esters is 1. The van der Waals surface area contributed by atoms with Gasteiger partial charge >= 0.3 is 5.97 Å². The van der Waals surface area contributed by atoms with Gasteiger partial charge in [-0.05, 0) is 29.8 Å². The number of thiophene rings is 1. The molecule has 0 bridgehead atoms. The van der Waals surface area contributed by atoms with Crippen LogP contribution in [-0.2, 0) is 19.1 Å². The number of morpholine rings is 1. The maximum atomic E-state index is 12.3. The van der Waals surface area contributed by atoms with E-state index in [-0.39, 0.29) is 43.0 Å². The summed E-state index contributed by atoms with van der Waals surface area (Å²) in [6.45, 7) is 1.35. The predicted octanol–water partition coefficient (Wildman–Crippen LogP) is 2.59. The number of ether oxygens (including phenoxy) is 2. The van der Waals surface area contributed by atoms with E-state index < -0.39 is 0 Å². The van der Waals surface area contributed by atoms with Crippen molar-refractivity contribution in [1.29, 1.82) is 0 Å². The van der Waals surface area contributed by atoms with Gasteiger partial charge in [0.2, 0.25) is 0 Å². The number of carbonyl (C=O) groups excluding carboxylic acids is 3. The molecular weight excluding hydrogens is 416 g/mol. The van der Waals surface area contributed by atoms with Crippen molar-refractivity contribution in [2.24, 2.45) is 0 Å². The Bertz CT molecular complexity index is 929. The average Bonchev–Trinajstić information content (AvgIpc) is 3.32. The zero-order valence-corrected chi connectivity index (χ0v) is 17.0. The standard InChI is InChI=1S/C20H19ClN2O5S/c21-17-6-5-16(29-17)19(25)22-10-14-9-15(20(26)28-14)12-1-3-13(4-2-12)23-7-8-27-11-18(23)24/h1-6,14-15H,7-11H2,(H,22,25)/t14-,15?/m0/s1. The highest BCUT2D eigenvalue weighted by atomic mass is 35.5. The van der Waals surface area contributed by atoms with E-state index in [4.69, 9.17) is 21.1 Å². The summed E-state index contributed by atoms with van der Waals surface area (Å²) in [6, 6.07) is 10.7. The lowest BCUT2D eigenvalue weighted by molar-refractivity contribution is -0.142. The number of rotatable bonds is 5. The third kappa shape index (κ3) is 4.44. The van der Waals surface area contributed by atoms with Crippen molar-refractivity contribution in [2.75, 3.05) is 31.2 Å². The van der Waals surface area contributed by atoms with Crippen LogP contribution in [0.2, 0.25) is 4.34 Å². The van der Waals surface area contributed by atoms with Crippen molar-refractivity contribution in [3.63, 3.8) is 0 Å². The van der Waals surface area contributed by atoms with E-state index in [1.54, 1.807) is 17.0 Å². The van der Waals surface area contributed by atoms with E-state index in [1.807, 2.05) is 24.3 Å². The number of nitrogens with one attached hydrogen (secondary N) is 1. The fourth-order valence-corrected chi connectivity index (χ4v) is 4.42. The molecule has 2 aliphatic heterocycles. The van der Waals surface area contributed by atoms with E-state index in [0.717, 1.165) is 11.3 Å². The number of benzene rings is 1. The molecule has 1 aromatic carbocycles. The highest BCUT2D eigenvalue weighted by Gasteiger charge is 2.35. The van der Waals surface area contributed by atoms with Crippen LogP contribution in [0.5, 0.6) is 0 Å². The Hall–Kier alpha value is -2.42. The van der Waals surface area contributed by atoms with Gasteiger partial charge in [0.25, 0.3) is 11.8 Å². The van der Waals surface area contributed by atoms with Crippen molar-refractivity contribution in [1.82, 2.24) is 5.32 Å². The lowest BCUT2D eigenvalue weighted by Gasteiger charge is -2.27. The molecule has 7 nitrogen and oxygen atoms in total. The number of hydrogen-bond donors (Lipinski definition) is 1. The Balaban J connectivity index is 1.35. The maximum Gasteiger partial charge on any atom is 0.313 e. The molecule has 2 atom stereocenters. The van der Waals surface area contributed by atoms with Crippen LogP contribution in [0.25, 0.3) is 0 Å². The fourth-order valence-electron chi connectivity index (χ4n) is 3.46. The summed E-state index contributed by atoms with van der Waals surface area (Å²) < 4.78 is 11.1. The van der Waals surface area contributed by atoms with E-state index in [9.17, 15) is 14.4 Å². The fraction of sp³-hybridized carbons (Fsp3) is 0.350. The van der Waals surface area contributed by atoms with Crippen molar-refractivity contribution >= 4 is 46.4 Å². The summed E-state index contributed by atoms with van der Waals surface area (Å²) in [6.07, 6.45) is 0.104. The van der Waals surface area contributed by atoms with Gasteiger partial charge in [0.15, 0.2) is 0 Å². The molecule has 0 saturated carbocycles.